The minimum Gasteiger partial charge on any atom is -0.436 e. The lowest BCUT2D eigenvalue weighted by Gasteiger charge is -2.08. The number of rotatable bonds is 1. The van der Waals surface area contributed by atoms with Crippen molar-refractivity contribution in [1.82, 2.24) is 4.98 Å². The topological polar surface area (TPSA) is 78.1 Å². The zero-order chi connectivity index (χ0) is 15.2. The molecular formula is C14H10F3N3O. The number of fused-ring (bicyclic) bond motifs is 1. The van der Waals surface area contributed by atoms with E-state index in [0.717, 1.165) is 12.1 Å². The van der Waals surface area contributed by atoms with E-state index in [1.807, 2.05) is 0 Å². The third-order valence-corrected chi connectivity index (χ3v) is 3.14. The first-order chi connectivity index (χ1) is 9.88. The Labute approximate surface area is 117 Å². The van der Waals surface area contributed by atoms with Crippen molar-refractivity contribution in [3.63, 3.8) is 0 Å². The lowest BCUT2D eigenvalue weighted by atomic mass is 10.1. The molecule has 0 aliphatic heterocycles. The third kappa shape index (κ3) is 2.16. The van der Waals surface area contributed by atoms with Crippen LogP contribution in [0.3, 0.4) is 0 Å². The smallest absolute Gasteiger partial charge is 0.416 e. The normalized spacial score (nSPS) is 12.0. The molecule has 0 aliphatic rings. The molecule has 21 heavy (non-hydrogen) atoms. The Morgan fingerprint density at radius 3 is 2.57 bits per heavy atom. The number of benzene rings is 1. The molecule has 2 heterocycles. The van der Waals surface area contributed by atoms with Crippen LogP contribution in [0, 0.1) is 0 Å². The molecule has 0 bridgehead atoms. The second kappa shape index (κ2) is 4.41. The number of hydrogen-bond acceptors (Lipinski definition) is 4. The maximum Gasteiger partial charge on any atom is 0.416 e. The molecule has 0 aliphatic carbocycles. The van der Waals surface area contributed by atoms with Crippen LogP contribution in [0.15, 0.2) is 40.9 Å². The summed E-state index contributed by atoms with van der Waals surface area (Å²) in [5.74, 6) is 0.0197. The van der Waals surface area contributed by atoms with Crippen molar-refractivity contribution in [3.05, 3.63) is 42.1 Å². The molecule has 0 spiro atoms. The van der Waals surface area contributed by atoms with Gasteiger partial charge in [-0.1, -0.05) is 12.1 Å². The van der Waals surface area contributed by atoms with Gasteiger partial charge >= 0.3 is 6.18 Å². The van der Waals surface area contributed by atoms with Crippen LogP contribution in [0.2, 0.25) is 0 Å². The van der Waals surface area contributed by atoms with Crippen molar-refractivity contribution in [1.29, 1.82) is 0 Å². The molecule has 4 N–H and O–H groups in total. The number of nitrogens with zero attached hydrogens (tertiary/aromatic N) is 1. The molecule has 108 valence electrons. The number of hydrogen-bond donors (Lipinski definition) is 2. The van der Waals surface area contributed by atoms with E-state index >= 15 is 0 Å². The number of alkyl halides is 3. The molecule has 4 nitrogen and oxygen atoms in total. The zero-order valence-corrected chi connectivity index (χ0v) is 10.6. The van der Waals surface area contributed by atoms with Crippen molar-refractivity contribution in [2.45, 2.75) is 6.18 Å². The number of pyridine rings is 1. The summed E-state index contributed by atoms with van der Waals surface area (Å²) in [4.78, 5) is 4.08. The second-order valence-electron chi connectivity index (χ2n) is 4.49. The Kier molecular flexibility index (Phi) is 2.79. The third-order valence-electron chi connectivity index (χ3n) is 3.14. The maximum absolute atomic E-state index is 12.8. The molecule has 0 saturated carbocycles. The summed E-state index contributed by atoms with van der Waals surface area (Å²) in [5.41, 5.74) is 11.7. The molecule has 3 rings (SSSR count). The fourth-order valence-corrected chi connectivity index (χ4v) is 2.11. The molecule has 7 heteroatoms. The minimum absolute atomic E-state index is 0.0197. The minimum atomic E-state index is -4.43. The van der Waals surface area contributed by atoms with Crippen LogP contribution in [0.4, 0.5) is 24.7 Å². The Balaban J connectivity index is 2.24. The van der Waals surface area contributed by atoms with E-state index in [9.17, 15) is 13.2 Å². The first kappa shape index (κ1) is 13.3. The highest BCUT2D eigenvalue weighted by atomic mass is 19.4. The fourth-order valence-electron chi connectivity index (χ4n) is 2.11. The Morgan fingerprint density at radius 2 is 1.86 bits per heavy atom. The quantitative estimate of drug-likeness (QED) is 0.717. The predicted molar refractivity (Wildman–Crippen MR) is 73.3 cm³/mol. The van der Waals surface area contributed by atoms with Gasteiger partial charge in [0.05, 0.1) is 5.56 Å². The fraction of sp³-hybridized carbons (Fsp3) is 0.0714. The highest BCUT2D eigenvalue weighted by molar-refractivity contribution is 6.01. The number of anilines is 2. The summed E-state index contributed by atoms with van der Waals surface area (Å²) in [5, 5.41) is 0.523. The molecule has 1 aromatic carbocycles. The summed E-state index contributed by atoms with van der Waals surface area (Å²) in [6.45, 7) is 0. The number of halogens is 3. The van der Waals surface area contributed by atoms with Gasteiger partial charge in [-0.15, -0.1) is 0 Å². The van der Waals surface area contributed by atoms with Crippen LogP contribution in [-0.4, -0.2) is 4.98 Å². The summed E-state index contributed by atoms with van der Waals surface area (Å²) >= 11 is 0. The molecule has 0 unspecified atom stereocenters. The maximum atomic E-state index is 12.8. The van der Waals surface area contributed by atoms with Crippen molar-refractivity contribution in [3.8, 4) is 11.3 Å². The Hall–Kier alpha value is -2.70. The van der Waals surface area contributed by atoms with Crippen LogP contribution in [0.1, 0.15) is 5.56 Å². The lowest BCUT2D eigenvalue weighted by molar-refractivity contribution is -0.137. The summed E-state index contributed by atoms with van der Waals surface area (Å²) in [6, 6.07) is 6.44. The number of furan rings is 1. The second-order valence-corrected chi connectivity index (χ2v) is 4.49. The van der Waals surface area contributed by atoms with Gasteiger partial charge in [-0.05, 0) is 18.2 Å². The molecule has 0 amide bonds. The Morgan fingerprint density at radius 1 is 1.10 bits per heavy atom. The van der Waals surface area contributed by atoms with Gasteiger partial charge in [-0.3, -0.25) is 4.98 Å². The average molecular weight is 293 g/mol. The zero-order valence-electron chi connectivity index (χ0n) is 10.6. The van der Waals surface area contributed by atoms with E-state index < -0.39 is 11.7 Å². The monoisotopic (exact) mass is 293 g/mol. The summed E-state index contributed by atoms with van der Waals surface area (Å²) < 4.78 is 43.7. The van der Waals surface area contributed by atoms with Gasteiger partial charge in [0, 0.05) is 17.1 Å². The molecular weight excluding hydrogens is 283 g/mol. The van der Waals surface area contributed by atoms with E-state index in [1.54, 1.807) is 6.07 Å². The van der Waals surface area contributed by atoms with E-state index in [-0.39, 0.29) is 28.4 Å². The predicted octanol–water partition coefficient (Wildman–Crippen LogP) is 3.68. The highest BCUT2D eigenvalue weighted by Crippen LogP contribution is 2.37. The molecule has 0 fully saturated rings. The van der Waals surface area contributed by atoms with Crippen LogP contribution < -0.4 is 11.5 Å². The SMILES string of the molecule is Nc1oc2c(-c3cccc(C(F)(F)F)c3)nccc2c1N. The molecule has 3 aromatic rings. The molecule has 0 radical (unpaired) electrons. The first-order valence-electron chi connectivity index (χ1n) is 5.98. The summed E-state index contributed by atoms with van der Waals surface area (Å²) in [6.07, 6.45) is -2.98. The van der Waals surface area contributed by atoms with Crippen molar-refractivity contribution in [2.75, 3.05) is 11.5 Å². The Bertz CT molecular complexity index is 824. The van der Waals surface area contributed by atoms with Crippen LogP contribution in [0.5, 0.6) is 0 Å². The van der Waals surface area contributed by atoms with E-state index in [4.69, 9.17) is 15.9 Å². The van der Waals surface area contributed by atoms with E-state index in [1.165, 1.54) is 18.3 Å². The van der Waals surface area contributed by atoms with Gasteiger partial charge in [0.1, 0.15) is 11.4 Å². The molecule has 0 saturated heterocycles. The highest BCUT2D eigenvalue weighted by Gasteiger charge is 2.30. The van der Waals surface area contributed by atoms with Crippen LogP contribution >= 0.6 is 0 Å². The summed E-state index contributed by atoms with van der Waals surface area (Å²) in [7, 11) is 0. The van der Waals surface area contributed by atoms with Crippen LogP contribution in [0.25, 0.3) is 22.2 Å². The van der Waals surface area contributed by atoms with Gasteiger partial charge in [0.25, 0.3) is 0 Å². The van der Waals surface area contributed by atoms with Gasteiger partial charge in [0.2, 0.25) is 5.88 Å². The van der Waals surface area contributed by atoms with Crippen molar-refractivity contribution in [2.24, 2.45) is 0 Å². The average Bonchev–Trinajstić information content (AvgIpc) is 2.74. The van der Waals surface area contributed by atoms with Gasteiger partial charge in [0.15, 0.2) is 5.58 Å². The van der Waals surface area contributed by atoms with Crippen molar-refractivity contribution < 1.29 is 17.6 Å². The van der Waals surface area contributed by atoms with E-state index in [0.29, 0.717) is 5.39 Å². The van der Waals surface area contributed by atoms with Crippen molar-refractivity contribution >= 4 is 22.5 Å². The van der Waals surface area contributed by atoms with Crippen LogP contribution in [-0.2, 0) is 6.18 Å². The van der Waals surface area contributed by atoms with Gasteiger partial charge < -0.3 is 15.9 Å². The molecule has 2 aromatic heterocycles. The lowest BCUT2D eigenvalue weighted by Crippen LogP contribution is -2.04. The largest absolute Gasteiger partial charge is 0.436 e. The number of nitrogens with two attached hydrogens (primary N) is 2. The number of aromatic nitrogens is 1. The molecule has 0 atom stereocenters. The first-order valence-corrected chi connectivity index (χ1v) is 5.98. The number of nitrogen functional groups attached to an aromatic ring is 2. The van der Waals surface area contributed by atoms with Gasteiger partial charge in [-0.25, -0.2) is 0 Å². The van der Waals surface area contributed by atoms with Gasteiger partial charge in [-0.2, -0.15) is 13.2 Å². The standard InChI is InChI=1S/C14H10F3N3O/c15-14(16,17)8-3-1-2-7(6-8)11-12-9(4-5-20-11)10(18)13(19)21-12/h1-6H,18-19H2. The van der Waals surface area contributed by atoms with E-state index in [2.05, 4.69) is 4.98 Å².